The number of carbonyl (C=O) groups excluding carboxylic acids is 1. The number of fused-ring (bicyclic) bond motifs is 1. The molecule has 1 aromatic rings. The SMILES string of the molecule is C[C@@H]1[C@@H]2[C@H](CN1C(=O)[C@@H](NS(=O)(=O)c1ccc(F)c(F)c1)C(C)(C)C)C2(C)C. The average molecular weight is 415 g/mol. The minimum Gasteiger partial charge on any atom is -0.338 e. The zero-order valence-corrected chi connectivity index (χ0v) is 17.9. The van der Waals surface area contributed by atoms with Crippen LogP contribution in [0.15, 0.2) is 23.1 Å². The van der Waals surface area contributed by atoms with Crippen LogP contribution in [0.5, 0.6) is 0 Å². The third kappa shape index (κ3) is 3.45. The molecule has 8 heteroatoms. The second kappa shape index (κ2) is 6.49. The Bertz CT molecular complexity index is 909. The number of hydrogen-bond acceptors (Lipinski definition) is 3. The summed E-state index contributed by atoms with van der Waals surface area (Å²) in [6.07, 6.45) is 0. The zero-order chi connectivity index (χ0) is 21.2. The fraction of sp³-hybridized carbons (Fsp3) is 0.650. The molecule has 5 nitrogen and oxygen atoms in total. The van der Waals surface area contributed by atoms with E-state index in [1.54, 1.807) is 25.7 Å². The largest absolute Gasteiger partial charge is 0.338 e. The van der Waals surface area contributed by atoms with Gasteiger partial charge in [0.15, 0.2) is 11.6 Å². The number of sulfonamides is 1. The molecule has 1 amide bonds. The molecule has 0 aromatic heterocycles. The normalized spacial score (nSPS) is 27.4. The second-order valence-corrected chi connectivity index (χ2v) is 11.4. The van der Waals surface area contributed by atoms with E-state index < -0.39 is 38.0 Å². The number of amides is 1. The van der Waals surface area contributed by atoms with Gasteiger partial charge in [0.05, 0.1) is 4.90 Å². The lowest BCUT2D eigenvalue weighted by Gasteiger charge is -2.37. The number of benzene rings is 1. The lowest BCUT2D eigenvalue weighted by molar-refractivity contribution is -0.137. The molecule has 28 heavy (non-hydrogen) atoms. The summed E-state index contributed by atoms with van der Waals surface area (Å²) in [4.78, 5) is 14.6. The van der Waals surface area contributed by atoms with Crippen molar-refractivity contribution in [3.8, 4) is 0 Å². The molecule has 2 fully saturated rings. The lowest BCUT2D eigenvalue weighted by atomic mass is 9.86. The summed E-state index contributed by atoms with van der Waals surface area (Å²) >= 11 is 0. The van der Waals surface area contributed by atoms with Crippen LogP contribution in [0, 0.1) is 34.3 Å². The molecule has 3 rings (SSSR count). The van der Waals surface area contributed by atoms with Gasteiger partial charge in [-0.25, -0.2) is 17.2 Å². The minimum atomic E-state index is -4.20. The standard InChI is InChI=1S/C20H28F2N2O3S/c1-11-16-13(20(16,5)6)10-24(11)18(25)17(19(2,3)4)23-28(26,27)12-7-8-14(21)15(22)9-12/h7-9,11,13,16-17,23H,10H2,1-6H3/t11-,13+,16-,17-/m1/s1. The maximum absolute atomic E-state index is 13.5. The molecule has 0 radical (unpaired) electrons. The molecule has 1 N–H and O–H groups in total. The number of hydrogen-bond donors (Lipinski definition) is 1. The van der Waals surface area contributed by atoms with Crippen LogP contribution in [0.1, 0.15) is 41.5 Å². The van der Waals surface area contributed by atoms with Crippen LogP contribution in [0.3, 0.4) is 0 Å². The Hall–Kier alpha value is -1.54. The highest BCUT2D eigenvalue weighted by Gasteiger charge is 2.66. The number of halogens is 2. The predicted octanol–water partition coefficient (Wildman–Crippen LogP) is 3.16. The maximum Gasteiger partial charge on any atom is 0.241 e. The second-order valence-electron chi connectivity index (χ2n) is 9.68. The van der Waals surface area contributed by atoms with Crippen LogP contribution in [0.2, 0.25) is 0 Å². The van der Waals surface area contributed by atoms with E-state index in [1.807, 2.05) is 6.92 Å². The van der Waals surface area contributed by atoms with E-state index in [0.717, 1.165) is 12.1 Å². The monoisotopic (exact) mass is 414 g/mol. The van der Waals surface area contributed by atoms with E-state index in [2.05, 4.69) is 18.6 Å². The summed E-state index contributed by atoms with van der Waals surface area (Å²) in [5.41, 5.74) is -0.497. The number of nitrogens with zero attached hydrogens (tertiary/aromatic N) is 1. The Kier molecular flexibility index (Phi) is 4.91. The molecule has 1 aromatic carbocycles. The summed E-state index contributed by atoms with van der Waals surface area (Å²) < 4.78 is 54.6. The van der Waals surface area contributed by atoms with Gasteiger partial charge in [0.25, 0.3) is 0 Å². The van der Waals surface area contributed by atoms with Crippen molar-refractivity contribution in [2.75, 3.05) is 6.54 Å². The first-order chi connectivity index (χ1) is 12.7. The molecule has 1 aliphatic carbocycles. The molecule has 1 saturated heterocycles. The van der Waals surface area contributed by atoms with Crippen molar-refractivity contribution in [1.82, 2.24) is 9.62 Å². The van der Waals surface area contributed by atoms with Gasteiger partial charge >= 0.3 is 0 Å². The molecule has 0 spiro atoms. The highest BCUT2D eigenvalue weighted by atomic mass is 32.2. The van der Waals surface area contributed by atoms with E-state index >= 15 is 0 Å². The van der Waals surface area contributed by atoms with Gasteiger partial charge in [-0.1, -0.05) is 34.6 Å². The number of likely N-dealkylation sites (tertiary alicyclic amines) is 1. The molecule has 0 unspecified atom stereocenters. The van der Waals surface area contributed by atoms with Crippen molar-refractivity contribution >= 4 is 15.9 Å². The van der Waals surface area contributed by atoms with Crippen molar-refractivity contribution in [2.24, 2.45) is 22.7 Å². The van der Waals surface area contributed by atoms with Crippen LogP contribution in [-0.4, -0.2) is 37.9 Å². The zero-order valence-electron chi connectivity index (χ0n) is 17.1. The summed E-state index contributed by atoms with van der Waals surface area (Å²) in [5.74, 6) is -1.82. The number of carbonyl (C=O) groups is 1. The average Bonchev–Trinajstić information content (AvgIpc) is 2.90. The third-order valence-corrected chi connectivity index (χ3v) is 7.83. The topological polar surface area (TPSA) is 66.5 Å². The Balaban J connectivity index is 1.85. The van der Waals surface area contributed by atoms with Gasteiger partial charge < -0.3 is 4.90 Å². The first kappa shape index (κ1) is 21.2. The van der Waals surface area contributed by atoms with Gasteiger partial charge in [0.2, 0.25) is 15.9 Å². The lowest BCUT2D eigenvalue weighted by Crippen LogP contribution is -2.56. The maximum atomic E-state index is 13.5. The molecule has 4 atom stereocenters. The summed E-state index contributed by atoms with van der Waals surface area (Å²) in [6.45, 7) is 12.3. The van der Waals surface area contributed by atoms with Crippen LogP contribution in [-0.2, 0) is 14.8 Å². The fourth-order valence-corrected chi connectivity index (χ4v) is 5.99. The molecule has 1 saturated carbocycles. The Labute approximate surface area is 165 Å². The van der Waals surface area contributed by atoms with E-state index in [0.29, 0.717) is 24.4 Å². The number of nitrogens with one attached hydrogen (secondary N) is 1. The van der Waals surface area contributed by atoms with Crippen LogP contribution >= 0.6 is 0 Å². The van der Waals surface area contributed by atoms with Crippen molar-refractivity contribution in [3.05, 3.63) is 29.8 Å². The highest BCUT2D eigenvalue weighted by Crippen LogP contribution is 2.64. The van der Waals surface area contributed by atoms with Gasteiger partial charge in [-0.3, -0.25) is 4.79 Å². The first-order valence-corrected chi connectivity index (χ1v) is 10.9. The Morgan fingerprint density at radius 2 is 1.86 bits per heavy atom. The van der Waals surface area contributed by atoms with Gasteiger partial charge in [-0.15, -0.1) is 0 Å². The van der Waals surface area contributed by atoms with Crippen molar-refractivity contribution in [1.29, 1.82) is 0 Å². The van der Waals surface area contributed by atoms with Crippen molar-refractivity contribution < 1.29 is 22.0 Å². The molecule has 156 valence electrons. The minimum absolute atomic E-state index is 0.0325. The Morgan fingerprint density at radius 1 is 1.25 bits per heavy atom. The van der Waals surface area contributed by atoms with Crippen LogP contribution in [0.4, 0.5) is 8.78 Å². The summed E-state index contributed by atoms with van der Waals surface area (Å²) in [5, 5.41) is 0. The van der Waals surface area contributed by atoms with Crippen molar-refractivity contribution in [3.63, 3.8) is 0 Å². The van der Waals surface area contributed by atoms with E-state index in [4.69, 9.17) is 0 Å². The molecule has 2 aliphatic rings. The van der Waals surface area contributed by atoms with Gasteiger partial charge in [0.1, 0.15) is 6.04 Å². The van der Waals surface area contributed by atoms with Crippen molar-refractivity contribution in [2.45, 2.75) is 58.5 Å². The summed E-state index contributed by atoms with van der Waals surface area (Å²) in [7, 11) is -4.20. The highest BCUT2D eigenvalue weighted by molar-refractivity contribution is 7.89. The van der Waals surface area contributed by atoms with Gasteiger partial charge in [0, 0.05) is 12.6 Å². The van der Waals surface area contributed by atoms with E-state index in [1.165, 1.54) is 0 Å². The molecular weight excluding hydrogens is 386 g/mol. The third-order valence-electron chi connectivity index (χ3n) is 6.41. The molecular formula is C20H28F2N2O3S. The van der Waals surface area contributed by atoms with E-state index in [9.17, 15) is 22.0 Å². The van der Waals surface area contributed by atoms with Crippen LogP contribution < -0.4 is 4.72 Å². The fourth-order valence-electron chi connectivity index (χ4n) is 4.59. The van der Waals surface area contributed by atoms with Gasteiger partial charge in [-0.05, 0) is 47.8 Å². The molecule has 0 bridgehead atoms. The first-order valence-electron chi connectivity index (χ1n) is 9.46. The molecule has 1 heterocycles. The van der Waals surface area contributed by atoms with Gasteiger partial charge in [-0.2, -0.15) is 4.72 Å². The quantitative estimate of drug-likeness (QED) is 0.823. The predicted molar refractivity (Wildman–Crippen MR) is 102 cm³/mol. The number of rotatable bonds is 4. The van der Waals surface area contributed by atoms with Crippen LogP contribution in [0.25, 0.3) is 0 Å². The molecule has 1 aliphatic heterocycles. The number of piperidine rings is 1. The smallest absolute Gasteiger partial charge is 0.241 e. The summed E-state index contributed by atoms with van der Waals surface area (Å²) in [6, 6.07) is 1.38. The Morgan fingerprint density at radius 3 is 2.32 bits per heavy atom. The van der Waals surface area contributed by atoms with E-state index in [-0.39, 0.29) is 17.4 Å².